The second-order valence-corrected chi connectivity index (χ2v) is 5.09. The first kappa shape index (κ1) is 12.4. The van der Waals surface area contributed by atoms with Crippen LogP contribution < -0.4 is 5.32 Å². The number of aromatic nitrogens is 1. The van der Waals surface area contributed by atoms with E-state index in [0.717, 1.165) is 29.8 Å². The highest BCUT2D eigenvalue weighted by molar-refractivity contribution is 6.21. The first-order valence-electron chi connectivity index (χ1n) is 5.94. The van der Waals surface area contributed by atoms with E-state index >= 15 is 0 Å². The van der Waals surface area contributed by atoms with Crippen molar-refractivity contribution in [1.29, 1.82) is 0 Å². The number of alkyl halides is 1. The second kappa shape index (κ2) is 4.78. The number of fused-ring (bicyclic) bond motifs is 1. The van der Waals surface area contributed by atoms with Crippen molar-refractivity contribution in [1.82, 2.24) is 4.98 Å². The third kappa shape index (κ3) is 2.28. The summed E-state index contributed by atoms with van der Waals surface area (Å²) in [6.45, 7) is 0. The van der Waals surface area contributed by atoms with Gasteiger partial charge in [-0.25, -0.2) is 13.8 Å². The summed E-state index contributed by atoms with van der Waals surface area (Å²) in [5.41, 5.74) is 2.18. The van der Waals surface area contributed by atoms with Gasteiger partial charge in [0.15, 0.2) is 11.6 Å². The van der Waals surface area contributed by atoms with Crippen molar-refractivity contribution in [3.63, 3.8) is 0 Å². The lowest BCUT2D eigenvalue weighted by Crippen LogP contribution is -2.18. The summed E-state index contributed by atoms with van der Waals surface area (Å²) in [6, 6.07) is 8.40. The van der Waals surface area contributed by atoms with Crippen LogP contribution in [-0.4, -0.2) is 10.4 Å². The van der Waals surface area contributed by atoms with Gasteiger partial charge in [0.05, 0.1) is 17.6 Å². The minimum Gasteiger partial charge on any atom is -0.359 e. The van der Waals surface area contributed by atoms with Crippen molar-refractivity contribution < 1.29 is 8.78 Å². The maximum absolute atomic E-state index is 13.6. The molecule has 0 radical (unpaired) electrons. The molecule has 3 rings (SSSR count). The van der Waals surface area contributed by atoms with E-state index in [1.54, 1.807) is 0 Å². The number of nitrogens with zero attached hydrogens (tertiary/aromatic N) is 1. The number of hydrogen-bond acceptors (Lipinski definition) is 2. The van der Waals surface area contributed by atoms with Gasteiger partial charge < -0.3 is 5.32 Å². The van der Waals surface area contributed by atoms with Crippen LogP contribution in [0.15, 0.2) is 36.5 Å². The summed E-state index contributed by atoms with van der Waals surface area (Å²) in [5, 5.41) is 2.78. The Morgan fingerprint density at radius 2 is 2.05 bits per heavy atom. The average molecular weight is 281 g/mol. The van der Waals surface area contributed by atoms with E-state index in [9.17, 15) is 8.78 Å². The molecule has 2 atom stereocenters. The van der Waals surface area contributed by atoms with Crippen LogP contribution >= 0.6 is 11.6 Å². The van der Waals surface area contributed by atoms with Crippen LogP contribution in [-0.2, 0) is 6.42 Å². The highest BCUT2D eigenvalue weighted by atomic mass is 35.5. The molecule has 2 nitrogen and oxygen atoms in total. The Labute approximate surface area is 114 Å². The second-order valence-electron chi connectivity index (χ2n) is 4.52. The highest BCUT2D eigenvalue weighted by Gasteiger charge is 2.31. The molecule has 19 heavy (non-hydrogen) atoms. The lowest BCUT2D eigenvalue weighted by Gasteiger charge is -2.18. The van der Waals surface area contributed by atoms with Crippen LogP contribution in [0.2, 0.25) is 0 Å². The molecule has 0 amide bonds. The zero-order valence-corrected chi connectivity index (χ0v) is 10.7. The Balaban J connectivity index is 1.91. The predicted molar refractivity (Wildman–Crippen MR) is 70.3 cm³/mol. The van der Waals surface area contributed by atoms with Crippen molar-refractivity contribution in [2.45, 2.75) is 17.8 Å². The van der Waals surface area contributed by atoms with Gasteiger partial charge in [0.2, 0.25) is 0 Å². The van der Waals surface area contributed by atoms with Crippen LogP contribution in [0, 0.1) is 11.6 Å². The summed E-state index contributed by atoms with van der Waals surface area (Å²) >= 11 is 6.29. The van der Waals surface area contributed by atoms with Crippen molar-refractivity contribution in [2.24, 2.45) is 0 Å². The molecule has 0 aliphatic heterocycles. The van der Waals surface area contributed by atoms with Crippen LogP contribution in [0.1, 0.15) is 17.2 Å². The van der Waals surface area contributed by atoms with Gasteiger partial charge in [0, 0.05) is 6.07 Å². The molecule has 1 heterocycles. The van der Waals surface area contributed by atoms with Gasteiger partial charge in [-0.1, -0.05) is 24.3 Å². The SMILES string of the molecule is Fc1cnc(NC2c3ccccc3CC2Cl)c(F)c1. The molecule has 98 valence electrons. The predicted octanol–water partition coefficient (Wildman–Crippen LogP) is 3.68. The lowest BCUT2D eigenvalue weighted by molar-refractivity contribution is 0.573. The summed E-state index contributed by atoms with van der Waals surface area (Å²) < 4.78 is 26.4. The van der Waals surface area contributed by atoms with Gasteiger partial charge in [-0.15, -0.1) is 11.6 Å². The number of hydrogen-bond donors (Lipinski definition) is 1. The van der Waals surface area contributed by atoms with Crippen LogP contribution in [0.25, 0.3) is 0 Å². The van der Waals surface area contributed by atoms with E-state index in [1.807, 2.05) is 24.3 Å². The van der Waals surface area contributed by atoms with Gasteiger partial charge in [-0.05, 0) is 17.5 Å². The van der Waals surface area contributed by atoms with Crippen molar-refractivity contribution >= 4 is 17.4 Å². The van der Waals surface area contributed by atoms with Crippen LogP contribution in [0.5, 0.6) is 0 Å². The number of benzene rings is 1. The molecule has 0 saturated carbocycles. The molecule has 1 aliphatic rings. The standard InChI is InChI=1S/C14H11ClF2N2/c15-11-5-8-3-1-2-4-10(8)13(11)19-14-12(17)6-9(16)7-18-14/h1-4,6-7,11,13H,5H2,(H,18,19). The molecule has 1 aromatic carbocycles. The van der Waals surface area contributed by atoms with Crippen LogP contribution in [0.4, 0.5) is 14.6 Å². The summed E-state index contributed by atoms with van der Waals surface area (Å²) in [4.78, 5) is 3.73. The molecular formula is C14H11ClF2N2. The summed E-state index contributed by atoms with van der Waals surface area (Å²) in [5.74, 6) is -1.39. The largest absolute Gasteiger partial charge is 0.359 e. The Morgan fingerprint density at radius 3 is 2.84 bits per heavy atom. The smallest absolute Gasteiger partial charge is 0.168 e. The van der Waals surface area contributed by atoms with E-state index < -0.39 is 11.6 Å². The number of pyridine rings is 1. The molecule has 0 saturated heterocycles. The Bertz CT molecular complexity index is 618. The van der Waals surface area contributed by atoms with Crippen molar-refractivity contribution in [2.75, 3.05) is 5.32 Å². The molecule has 0 fully saturated rings. The minimum absolute atomic E-state index is 0.0220. The van der Waals surface area contributed by atoms with Crippen molar-refractivity contribution in [3.05, 3.63) is 59.3 Å². The maximum atomic E-state index is 13.6. The zero-order chi connectivity index (χ0) is 13.4. The molecule has 5 heteroatoms. The first-order valence-corrected chi connectivity index (χ1v) is 6.38. The molecule has 0 bridgehead atoms. The third-order valence-corrected chi connectivity index (χ3v) is 3.67. The third-order valence-electron chi connectivity index (χ3n) is 3.27. The summed E-state index contributed by atoms with van der Waals surface area (Å²) in [6.07, 6.45) is 1.70. The normalized spacial score (nSPS) is 21.2. The summed E-state index contributed by atoms with van der Waals surface area (Å²) in [7, 11) is 0. The molecular weight excluding hydrogens is 270 g/mol. The molecule has 2 unspecified atom stereocenters. The van der Waals surface area contributed by atoms with Gasteiger partial charge in [0.25, 0.3) is 0 Å². The fourth-order valence-electron chi connectivity index (χ4n) is 2.38. The van der Waals surface area contributed by atoms with E-state index in [0.29, 0.717) is 0 Å². The first-order chi connectivity index (χ1) is 9.15. The molecule has 1 aliphatic carbocycles. The van der Waals surface area contributed by atoms with Gasteiger partial charge >= 0.3 is 0 Å². The van der Waals surface area contributed by atoms with Crippen LogP contribution in [0.3, 0.4) is 0 Å². The fraction of sp³-hybridized carbons (Fsp3) is 0.214. The monoisotopic (exact) mass is 280 g/mol. The van der Waals surface area contributed by atoms with Gasteiger partial charge in [-0.3, -0.25) is 0 Å². The Hall–Kier alpha value is -1.68. The number of rotatable bonds is 2. The topological polar surface area (TPSA) is 24.9 Å². The minimum atomic E-state index is -0.715. The quantitative estimate of drug-likeness (QED) is 0.849. The van der Waals surface area contributed by atoms with Gasteiger partial charge in [-0.2, -0.15) is 0 Å². The lowest BCUT2D eigenvalue weighted by atomic mass is 10.1. The molecule has 0 spiro atoms. The number of nitrogens with one attached hydrogen (secondary N) is 1. The number of anilines is 1. The molecule has 2 aromatic rings. The van der Waals surface area contributed by atoms with E-state index in [1.165, 1.54) is 0 Å². The number of halogens is 3. The fourth-order valence-corrected chi connectivity index (χ4v) is 2.75. The van der Waals surface area contributed by atoms with E-state index in [2.05, 4.69) is 10.3 Å². The van der Waals surface area contributed by atoms with E-state index in [-0.39, 0.29) is 17.2 Å². The van der Waals surface area contributed by atoms with E-state index in [4.69, 9.17) is 11.6 Å². The zero-order valence-electron chi connectivity index (χ0n) is 9.91. The average Bonchev–Trinajstić information content (AvgIpc) is 2.69. The Morgan fingerprint density at radius 1 is 1.26 bits per heavy atom. The van der Waals surface area contributed by atoms with Crippen molar-refractivity contribution in [3.8, 4) is 0 Å². The Kier molecular flexibility index (Phi) is 3.11. The molecule has 1 aromatic heterocycles. The maximum Gasteiger partial charge on any atom is 0.168 e. The van der Waals surface area contributed by atoms with Gasteiger partial charge in [0.1, 0.15) is 5.82 Å². The highest BCUT2D eigenvalue weighted by Crippen LogP contribution is 2.37. The molecule has 1 N–H and O–H groups in total.